The maximum atomic E-state index is 12.4. The Balaban J connectivity index is 2.80. The van der Waals surface area contributed by atoms with Gasteiger partial charge in [-0.2, -0.15) is 13.2 Å². The van der Waals surface area contributed by atoms with Crippen molar-refractivity contribution in [2.24, 2.45) is 5.92 Å². The maximum Gasteiger partial charge on any atom is 0.450 e. The number of imide groups is 1. The van der Waals surface area contributed by atoms with E-state index in [0.29, 0.717) is 4.90 Å². The van der Waals surface area contributed by atoms with E-state index in [-0.39, 0.29) is 12.8 Å². The van der Waals surface area contributed by atoms with E-state index in [1.165, 1.54) is 0 Å². The van der Waals surface area contributed by atoms with Crippen LogP contribution in [0.25, 0.3) is 0 Å². The summed E-state index contributed by atoms with van der Waals surface area (Å²) >= 11 is 0. The quantitative estimate of drug-likeness (QED) is 0.744. The molecule has 1 heterocycles. The molecule has 8 heteroatoms. The van der Waals surface area contributed by atoms with Crippen molar-refractivity contribution in [3.8, 4) is 0 Å². The number of halogens is 3. The molecule has 0 bridgehead atoms. The van der Waals surface area contributed by atoms with Gasteiger partial charge in [-0.1, -0.05) is 0 Å². The number of rotatable bonds is 1. The molecular formula is C12H16F3NO4. The van der Waals surface area contributed by atoms with Crippen molar-refractivity contribution >= 4 is 17.8 Å². The third-order valence-corrected chi connectivity index (χ3v) is 2.67. The lowest BCUT2D eigenvalue weighted by Crippen LogP contribution is -2.49. The van der Waals surface area contributed by atoms with E-state index in [1.807, 2.05) is 0 Å². The van der Waals surface area contributed by atoms with Crippen LogP contribution in [0.4, 0.5) is 18.0 Å². The van der Waals surface area contributed by atoms with E-state index in [9.17, 15) is 27.6 Å². The minimum atomic E-state index is -4.97. The van der Waals surface area contributed by atoms with Gasteiger partial charge in [0.1, 0.15) is 5.60 Å². The Kier molecular flexibility index (Phi) is 4.45. The van der Waals surface area contributed by atoms with E-state index < -0.39 is 42.0 Å². The van der Waals surface area contributed by atoms with Gasteiger partial charge in [0.15, 0.2) is 0 Å². The van der Waals surface area contributed by atoms with E-state index >= 15 is 0 Å². The zero-order chi connectivity index (χ0) is 15.7. The normalized spacial score (nSPS) is 20.8. The Morgan fingerprint density at radius 2 is 1.80 bits per heavy atom. The number of carbonyl (C=O) groups excluding carboxylic acids is 3. The summed E-state index contributed by atoms with van der Waals surface area (Å²) in [4.78, 5) is 35.0. The lowest BCUT2D eigenvalue weighted by atomic mass is 9.93. The zero-order valence-corrected chi connectivity index (χ0v) is 11.4. The third kappa shape index (κ3) is 4.21. The Labute approximate surface area is 114 Å². The van der Waals surface area contributed by atoms with Gasteiger partial charge >= 0.3 is 12.3 Å². The first-order valence-electron chi connectivity index (χ1n) is 6.06. The van der Waals surface area contributed by atoms with Crippen molar-refractivity contribution in [2.75, 3.05) is 6.54 Å². The van der Waals surface area contributed by atoms with Crippen LogP contribution in [0.1, 0.15) is 33.6 Å². The Hall–Kier alpha value is -1.60. The number of nitrogens with zero attached hydrogens (tertiary/aromatic N) is 1. The lowest BCUT2D eigenvalue weighted by molar-refractivity contribution is -0.177. The molecule has 2 amide bonds. The third-order valence-electron chi connectivity index (χ3n) is 2.67. The predicted octanol–water partition coefficient (Wildman–Crippen LogP) is 2.29. The van der Waals surface area contributed by atoms with E-state index in [2.05, 4.69) is 0 Å². The second kappa shape index (κ2) is 5.41. The molecule has 5 nitrogen and oxygen atoms in total. The smallest absolute Gasteiger partial charge is 0.443 e. The molecule has 1 aliphatic heterocycles. The number of Topliss-reactive ketones (excluding diaryl/α,β-unsaturated/α-hetero) is 1. The molecule has 0 radical (unpaired) electrons. The van der Waals surface area contributed by atoms with Gasteiger partial charge in [0.25, 0.3) is 0 Å². The van der Waals surface area contributed by atoms with Crippen LogP contribution in [-0.2, 0) is 14.3 Å². The highest BCUT2D eigenvalue weighted by atomic mass is 19.4. The van der Waals surface area contributed by atoms with Crippen LogP contribution in [-0.4, -0.2) is 41.0 Å². The van der Waals surface area contributed by atoms with Gasteiger partial charge in [-0.15, -0.1) is 0 Å². The van der Waals surface area contributed by atoms with Crippen LogP contribution in [0.3, 0.4) is 0 Å². The summed E-state index contributed by atoms with van der Waals surface area (Å²) in [5, 5.41) is 0. The molecule has 114 valence electrons. The lowest BCUT2D eigenvalue weighted by Gasteiger charge is -2.32. The van der Waals surface area contributed by atoms with Crippen molar-refractivity contribution in [3.05, 3.63) is 0 Å². The molecule has 1 atom stereocenters. The molecule has 0 aromatic rings. The molecule has 1 rings (SSSR count). The average molecular weight is 295 g/mol. The number of carbonyl (C=O) groups is 3. The first-order valence-corrected chi connectivity index (χ1v) is 6.06. The summed E-state index contributed by atoms with van der Waals surface area (Å²) in [6.07, 6.45) is -6.49. The van der Waals surface area contributed by atoms with Gasteiger partial charge in [0.05, 0.1) is 0 Å². The van der Waals surface area contributed by atoms with Crippen LogP contribution in [0.15, 0.2) is 0 Å². The van der Waals surface area contributed by atoms with Crippen molar-refractivity contribution in [1.82, 2.24) is 4.90 Å². The van der Waals surface area contributed by atoms with Gasteiger partial charge in [-0.05, 0) is 27.2 Å². The number of piperidine rings is 1. The van der Waals surface area contributed by atoms with Crippen LogP contribution in [0.2, 0.25) is 0 Å². The molecule has 1 aliphatic rings. The van der Waals surface area contributed by atoms with Crippen molar-refractivity contribution < 1.29 is 32.3 Å². The second-order valence-electron chi connectivity index (χ2n) is 5.58. The molecule has 0 spiro atoms. The minimum Gasteiger partial charge on any atom is -0.443 e. The van der Waals surface area contributed by atoms with Gasteiger partial charge in [0.2, 0.25) is 11.7 Å². The highest BCUT2D eigenvalue weighted by molar-refractivity contribution is 5.95. The molecule has 1 fully saturated rings. The van der Waals surface area contributed by atoms with Crippen molar-refractivity contribution in [3.63, 3.8) is 0 Å². The molecular weight excluding hydrogens is 279 g/mol. The molecule has 1 unspecified atom stereocenters. The maximum absolute atomic E-state index is 12.4. The standard InChI is InChI=1S/C12H16F3NO4/c1-11(2,3)20-10(19)16-6-7(4-5-8(16)17)9(18)12(13,14)15/h7H,4-6H2,1-3H3. The molecule has 0 aliphatic carbocycles. The number of hydrogen-bond acceptors (Lipinski definition) is 4. The molecule has 0 aromatic heterocycles. The molecule has 20 heavy (non-hydrogen) atoms. The van der Waals surface area contributed by atoms with E-state index in [1.54, 1.807) is 20.8 Å². The minimum absolute atomic E-state index is 0.212. The fourth-order valence-electron chi connectivity index (χ4n) is 1.78. The first kappa shape index (κ1) is 16.5. The van der Waals surface area contributed by atoms with Crippen LogP contribution in [0.5, 0.6) is 0 Å². The van der Waals surface area contributed by atoms with Crippen molar-refractivity contribution in [1.29, 1.82) is 0 Å². The number of alkyl halides is 3. The van der Waals surface area contributed by atoms with Gasteiger partial charge in [-0.3, -0.25) is 9.59 Å². The predicted molar refractivity (Wildman–Crippen MR) is 61.7 cm³/mol. The number of likely N-dealkylation sites (tertiary alicyclic amines) is 1. The number of hydrogen-bond donors (Lipinski definition) is 0. The monoisotopic (exact) mass is 295 g/mol. The number of ether oxygens (including phenoxy) is 1. The topological polar surface area (TPSA) is 63.7 Å². The highest BCUT2D eigenvalue weighted by Gasteiger charge is 2.46. The summed E-state index contributed by atoms with van der Waals surface area (Å²) in [6, 6.07) is 0. The largest absolute Gasteiger partial charge is 0.450 e. The molecule has 0 saturated carbocycles. The van der Waals surface area contributed by atoms with Gasteiger partial charge < -0.3 is 4.74 Å². The molecule has 0 N–H and O–H groups in total. The summed E-state index contributed by atoms with van der Waals surface area (Å²) in [5.74, 6) is -3.97. The summed E-state index contributed by atoms with van der Waals surface area (Å²) in [7, 11) is 0. The Morgan fingerprint density at radius 3 is 2.25 bits per heavy atom. The van der Waals surface area contributed by atoms with Gasteiger partial charge in [-0.25, -0.2) is 9.69 Å². The Bertz CT molecular complexity index is 425. The highest BCUT2D eigenvalue weighted by Crippen LogP contribution is 2.28. The molecule has 0 aromatic carbocycles. The summed E-state index contributed by atoms with van der Waals surface area (Å²) < 4.78 is 42.0. The fraction of sp³-hybridized carbons (Fsp3) is 0.750. The van der Waals surface area contributed by atoms with E-state index in [4.69, 9.17) is 4.74 Å². The Morgan fingerprint density at radius 1 is 1.25 bits per heavy atom. The van der Waals surface area contributed by atoms with Crippen LogP contribution >= 0.6 is 0 Å². The van der Waals surface area contributed by atoms with Crippen LogP contribution < -0.4 is 0 Å². The summed E-state index contributed by atoms with van der Waals surface area (Å²) in [5.41, 5.74) is -0.877. The summed E-state index contributed by atoms with van der Waals surface area (Å²) in [6.45, 7) is 4.11. The SMILES string of the molecule is CC(C)(C)OC(=O)N1CC(C(=O)C(F)(F)F)CCC1=O. The van der Waals surface area contributed by atoms with Crippen molar-refractivity contribution in [2.45, 2.75) is 45.4 Å². The average Bonchev–Trinajstić information content (AvgIpc) is 2.25. The first-order chi connectivity index (χ1) is 8.92. The molecule has 1 saturated heterocycles. The fourth-order valence-corrected chi connectivity index (χ4v) is 1.78. The van der Waals surface area contributed by atoms with E-state index in [0.717, 1.165) is 0 Å². The van der Waals surface area contributed by atoms with Gasteiger partial charge in [0, 0.05) is 18.9 Å². The zero-order valence-electron chi connectivity index (χ0n) is 11.4. The number of ketones is 1. The second-order valence-corrected chi connectivity index (χ2v) is 5.58. The number of amides is 2. The van der Waals surface area contributed by atoms with Crippen LogP contribution in [0, 0.1) is 5.92 Å².